The first-order chi connectivity index (χ1) is 13.3. The van der Waals surface area contributed by atoms with Crippen molar-refractivity contribution >= 4 is 10.9 Å². The number of unbranched alkanes of at least 4 members (excludes halogenated alkanes) is 3. The van der Waals surface area contributed by atoms with E-state index in [0.29, 0.717) is 12.7 Å². The van der Waals surface area contributed by atoms with Crippen LogP contribution in [-0.4, -0.2) is 30.9 Å². The van der Waals surface area contributed by atoms with Gasteiger partial charge < -0.3 is 14.2 Å². The fraction of sp³-hybridized carbons (Fsp3) is 0.609. The molecule has 1 aromatic carbocycles. The van der Waals surface area contributed by atoms with E-state index in [2.05, 4.69) is 19.9 Å². The first-order valence-corrected chi connectivity index (χ1v) is 10.5. The van der Waals surface area contributed by atoms with Gasteiger partial charge in [0.25, 0.3) is 0 Å². The lowest BCUT2D eigenvalue weighted by atomic mass is 10.1. The number of benzene rings is 1. The standard InChI is InChI=1S/C23H33NO3/c1-3-4-15-27-23-18(2)22(24-21-11-7-6-10-20(21)23)17-25-14-8-5-9-16-26-19-12-13-19/h6-7,10-11,19H,3-5,8-9,12-17H2,1-2H3. The van der Waals surface area contributed by atoms with Gasteiger partial charge in [0, 0.05) is 24.2 Å². The Labute approximate surface area is 163 Å². The number of ether oxygens (including phenoxy) is 3. The molecular formula is C23H33NO3. The van der Waals surface area contributed by atoms with Crippen molar-refractivity contribution in [3.63, 3.8) is 0 Å². The van der Waals surface area contributed by atoms with Crippen LogP contribution in [0.15, 0.2) is 24.3 Å². The van der Waals surface area contributed by atoms with Gasteiger partial charge in [-0.25, -0.2) is 4.98 Å². The summed E-state index contributed by atoms with van der Waals surface area (Å²) < 4.78 is 17.7. The number of para-hydroxylation sites is 1. The number of fused-ring (bicyclic) bond motifs is 1. The molecule has 4 nitrogen and oxygen atoms in total. The lowest BCUT2D eigenvalue weighted by Gasteiger charge is -2.15. The first-order valence-electron chi connectivity index (χ1n) is 10.5. The molecule has 27 heavy (non-hydrogen) atoms. The molecule has 1 aromatic heterocycles. The first kappa shape index (κ1) is 20.1. The molecule has 0 unspecified atom stereocenters. The number of hydrogen-bond acceptors (Lipinski definition) is 4. The number of hydrogen-bond donors (Lipinski definition) is 0. The van der Waals surface area contributed by atoms with Crippen molar-refractivity contribution in [1.82, 2.24) is 4.98 Å². The summed E-state index contributed by atoms with van der Waals surface area (Å²) in [6.07, 6.45) is 8.62. The Kier molecular flexibility index (Phi) is 7.91. The zero-order chi connectivity index (χ0) is 18.9. The molecule has 1 fully saturated rings. The fourth-order valence-electron chi connectivity index (χ4n) is 3.11. The predicted molar refractivity (Wildman–Crippen MR) is 109 cm³/mol. The molecule has 0 atom stereocenters. The smallest absolute Gasteiger partial charge is 0.133 e. The average molecular weight is 372 g/mol. The second-order valence-electron chi connectivity index (χ2n) is 7.42. The normalized spacial score (nSPS) is 14.0. The van der Waals surface area contributed by atoms with E-state index < -0.39 is 0 Å². The molecule has 4 heteroatoms. The maximum atomic E-state index is 6.12. The lowest BCUT2D eigenvalue weighted by molar-refractivity contribution is 0.0997. The van der Waals surface area contributed by atoms with E-state index in [1.54, 1.807) is 0 Å². The lowest BCUT2D eigenvalue weighted by Crippen LogP contribution is -2.06. The molecule has 1 aliphatic carbocycles. The summed E-state index contributed by atoms with van der Waals surface area (Å²) in [5.74, 6) is 0.963. The minimum Gasteiger partial charge on any atom is -0.493 e. The van der Waals surface area contributed by atoms with Gasteiger partial charge in [0.1, 0.15) is 5.75 Å². The maximum Gasteiger partial charge on any atom is 0.133 e. The van der Waals surface area contributed by atoms with Crippen molar-refractivity contribution in [2.24, 2.45) is 0 Å². The van der Waals surface area contributed by atoms with Crippen molar-refractivity contribution in [1.29, 1.82) is 0 Å². The highest BCUT2D eigenvalue weighted by molar-refractivity contribution is 5.86. The number of pyridine rings is 1. The van der Waals surface area contributed by atoms with E-state index in [4.69, 9.17) is 19.2 Å². The summed E-state index contributed by atoms with van der Waals surface area (Å²) in [6, 6.07) is 8.20. The van der Waals surface area contributed by atoms with Gasteiger partial charge in [-0.2, -0.15) is 0 Å². The summed E-state index contributed by atoms with van der Waals surface area (Å²) in [4.78, 5) is 4.81. The van der Waals surface area contributed by atoms with Crippen molar-refractivity contribution in [3.05, 3.63) is 35.5 Å². The minimum absolute atomic E-state index is 0.541. The van der Waals surface area contributed by atoms with Crippen LogP contribution < -0.4 is 4.74 Å². The Morgan fingerprint density at radius 3 is 2.63 bits per heavy atom. The van der Waals surface area contributed by atoms with Crippen LogP contribution in [0.3, 0.4) is 0 Å². The van der Waals surface area contributed by atoms with E-state index in [1.165, 1.54) is 12.8 Å². The maximum absolute atomic E-state index is 6.12. The average Bonchev–Trinajstić information content (AvgIpc) is 3.50. The quantitative estimate of drug-likeness (QED) is 0.431. The zero-order valence-electron chi connectivity index (χ0n) is 16.8. The second kappa shape index (κ2) is 10.6. The zero-order valence-corrected chi connectivity index (χ0v) is 16.8. The van der Waals surface area contributed by atoms with Crippen LogP contribution in [0.5, 0.6) is 5.75 Å². The van der Waals surface area contributed by atoms with Crippen LogP contribution in [0.4, 0.5) is 0 Å². The fourth-order valence-corrected chi connectivity index (χ4v) is 3.11. The Bertz CT molecular complexity index is 712. The van der Waals surface area contributed by atoms with Crippen LogP contribution in [-0.2, 0) is 16.1 Å². The molecule has 0 spiro atoms. The predicted octanol–water partition coefficient (Wildman–Crippen LogP) is 5.59. The Hall–Kier alpha value is -1.65. The van der Waals surface area contributed by atoms with Gasteiger partial charge in [-0.05, 0) is 57.6 Å². The van der Waals surface area contributed by atoms with Crippen molar-refractivity contribution in [2.75, 3.05) is 19.8 Å². The summed E-state index contributed by atoms with van der Waals surface area (Å²) in [5, 5.41) is 1.09. The van der Waals surface area contributed by atoms with Gasteiger partial charge in [-0.15, -0.1) is 0 Å². The van der Waals surface area contributed by atoms with Crippen LogP contribution in [0.25, 0.3) is 10.9 Å². The molecule has 1 saturated carbocycles. The highest BCUT2D eigenvalue weighted by atomic mass is 16.5. The minimum atomic E-state index is 0.541. The van der Waals surface area contributed by atoms with Gasteiger partial charge in [0.2, 0.25) is 0 Å². The van der Waals surface area contributed by atoms with Crippen molar-refractivity contribution in [2.45, 2.75) is 71.5 Å². The van der Waals surface area contributed by atoms with E-state index in [-0.39, 0.29) is 0 Å². The third-order valence-electron chi connectivity index (χ3n) is 4.97. The molecule has 0 radical (unpaired) electrons. The van der Waals surface area contributed by atoms with Gasteiger partial charge >= 0.3 is 0 Å². The molecule has 148 valence electrons. The highest BCUT2D eigenvalue weighted by Gasteiger charge is 2.21. The Morgan fingerprint density at radius 2 is 1.81 bits per heavy atom. The summed E-state index contributed by atoms with van der Waals surface area (Å²) in [7, 11) is 0. The van der Waals surface area contributed by atoms with Crippen LogP contribution in [0, 0.1) is 6.92 Å². The molecule has 3 rings (SSSR count). The van der Waals surface area contributed by atoms with Crippen LogP contribution in [0.1, 0.15) is 63.1 Å². The molecule has 1 aliphatic rings. The molecular weight excluding hydrogens is 338 g/mol. The molecule has 0 amide bonds. The van der Waals surface area contributed by atoms with Crippen molar-refractivity contribution in [3.8, 4) is 5.75 Å². The van der Waals surface area contributed by atoms with Crippen LogP contribution >= 0.6 is 0 Å². The largest absolute Gasteiger partial charge is 0.493 e. The second-order valence-corrected chi connectivity index (χ2v) is 7.42. The third kappa shape index (κ3) is 6.18. The molecule has 0 N–H and O–H groups in total. The molecule has 2 aromatic rings. The van der Waals surface area contributed by atoms with Crippen LogP contribution in [0.2, 0.25) is 0 Å². The summed E-state index contributed by atoms with van der Waals surface area (Å²) in [5.41, 5.74) is 3.06. The van der Waals surface area contributed by atoms with E-state index >= 15 is 0 Å². The molecule has 0 aliphatic heterocycles. The molecule has 0 bridgehead atoms. The van der Waals surface area contributed by atoms with Gasteiger partial charge in [-0.1, -0.05) is 25.5 Å². The van der Waals surface area contributed by atoms with Gasteiger partial charge in [0.05, 0.1) is 30.5 Å². The molecule has 0 saturated heterocycles. The van der Waals surface area contributed by atoms with E-state index in [1.807, 2.05) is 18.2 Å². The number of nitrogens with zero attached hydrogens (tertiary/aromatic N) is 1. The number of rotatable bonds is 13. The van der Waals surface area contributed by atoms with E-state index in [9.17, 15) is 0 Å². The molecule has 1 heterocycles. The monoisotopic (exact) mass is 371 g/mol. The van der Waals surface area contributed by atoms with Gasteiger partial charge in [-0.3, -0.25) is 0 Å². The highest BCUT2D eigenvalue weighted by Crippen LogP contribution is 2.31. The Balaban J connectivity index is 1.51. The SMILES string of the molecule is CCCCOc1c(C)c(COCCCCCOC2CC2)nc2ccccc12. The topological polar surface area (TPSA) is 40.6 Å². The summed E-state index contributed by atoms with van der Waals surface area (Å²) in [6.45, 7) is 7.22. The van der Waals surface area contributed by atoms with E-state index in [0.717, 1.165) is 79.8 Å². The number of aromatic nitrogens is 1. The van der Waals surface area contributed by atoms with Crippen molar-refractivity contribution < 1.29 is 14.2 Å². The van der Waals surface area contributed by atoms with Gasteiger partial charge in [0.15, 0.2) is 0 Å². The Morgan fingerprint density at radius 1 is 1.00 bits per heavy atom. The summed E-state index contributed by atoms with van der Waals surface area (Å²) >= 11 is 0. The third-order valence-corrected chi connectivity index (χ3v) is 4.97.